The van der Waals surface area contributed by atoms with Crippen LogP contribution in [0.5, 0.6) is 0 Å². The van der Waals surface area contributed by atoms with Crippen LogP contribution in [0.2, 0.25) is 0 Å². The lowest BCUT2D eigenvalue weighted by molar-refractivity contribution is 0.510. The van der Waals surface area contributed by atoms with E-state index in [1.54, 1.807) is 6.20 Å². The molecule has 106 valence electrons. The monoisotopic (exact) mass is 295 g/mol. The van der Waals surface area contributed by atoms with Crippen molar-refractivity contribution in [2.24, 2.45) is 0 Å². The van der Waals surface area contributed by atoms with Crippen LogP contribution in [-0.2, 0) is 0 Å². The van der Waals surface area contributed by atoms with Gasteiger partial charge in [0.1, 0.15) is 5.82 Å². The lowest BCUT2D eigenvalue weighted by atomic mass is 10.2. The summed E-state index contributed by atoms with van der Waals surface area (Å²) in [6, 6.07) is 2.57. The van der Waals surface area contributed by atoms with E-state index in [1.807, 2.05) is 11.8 Å². The Hall–Kier alpha value is -1.43. The molecule has 6 heteroatoms. The van der Waals surface area contributed by atoms with E-state index in [1.165, 1.54) is 0 Å². The predicted molar refractivity (Wildman–Crippen MR) is 78.2 cm³/mol. The Morgan fingerprint density at radius 1 is 1.20 bits per heavy atom. The Kier molecular flexibility index (Phi) is 3.74. The second-order valence-electron chi connectivity index (χ2n) is 4.93. The van der Waals surface area contributed by atoms with Gasteiger partial charge in [-0.2, -0.15) is 11.8 Å². The average Bonchev–Trinajstić information content (AvgIpc) is 2.64. The number of aromatic nitrogens is 2. The molecule has 1 aliphatic rings. The second-order valence-corrected chi connectivity index (χ2v) is 6.15. The molecule has 1 aliphatic heterocycles. The molecular weight excluding hydrogens is 280 g/mol. The van der Waals surface area contributed by atoms with Crippen molar-refractivity contribution in [3.05, 3.63) is 30.0 Å². The predicted octanol–water partition coefficient (Wildman–Crippen LogP) is 3.24. The molecule has 1 saturated heterocycles. The van der Waals surface area contributed by atoms with Crippen LogP contribution in [-0.4, -0.2) is 34.1 Å². The lowest BCUT2D eigenvalue weighted by Gasteiger charge is -2.27. The number of hydrogen-bond donors (Lipinski definition) is 0. The van der Waals surface area contributed by atoms with Crippen LogP contribution < -0.4 is 4.90 Å². The van der Waals surface area contributed by atoms with Crippen molar-refractivity contribution in [3.8, 4) is 0 Å². The summed E-state index contributed by atoms with van der Waals surface area (Å²) in [4.78, 5) is 10.8. The van der Waals surface area contributed by atoms with Gasteiger partial charge in [0.25, 0.3) is 0 Å². The fourth-order valence-corrected chi connectivity index (χ4v) is 3.41. The van der Waals surface area contributed by atoms with Gasteiger partial charge in [0, 0.05) is 30.5 Å². The van der Waals surface area contributed by atoms with E-state index in [2.05, 4.69) is 21.8 Å². The van der Waals surface area contributed by atoms with E-state index < -0.39 is 11.6 Å². The normalized spacial score (nSPS) is 20.1. The molecule has 0 spiro atoms. The highest BCUT2D eigenvalue weighted by Crippen LogP contribution is 2.23. The van der Waals surface area contributed by atoms with E-state index in [9.17, 15) is 8.78 Å². The SMILES string of the molecule is CC1CCSCCN1c1cnc2cc(F)c(F)cc2n1. The Labute approximate surface area is 120 Å². The maximum absolute atomic E-state index is 13.3. The zero-order valence-corrected chi connectivity index (χ0v) is 12.0. The molecule has 20 heavy (non-hydrogen) atoms. The fourth-order valence-electron chi connectivity index (χ4n) is 2.37. The number of thioether (sulfide) groups is 1. The number of rotatable bonds is 1. The number of fused-ring (bicyclic) bond motifs is 1. The molecule has 3 rings (SSSR count). The highest BCUT2D eigenvalue weighted by molar-refractivity contribution is 7.99. The molecule has 1 fully saturated rings. The first-order valence-electron chi connectivity index (χ1n) is 6.61. The van der Waals surface area contributed by atoms with Gasteiger partial charge in [0.05, 0.1) is 17.2 Å². The van der Waals surface area contributed by atoms with Gasteiger partial charge in [0.15, 0.2) is 11.6 Å². The van der Waals surface area contributed by atoms with Gasteiger partial charge in [-0.3, -0.25) is 4.98 Å². The summed E-state index contributed by atoms with van der Waals surface area (Å²) in [5, 5.41) is 0. The first-order chi connectivity index (χ1) is 9.65. The fraction of sp³-hybridized carbons (Fsp3) is 0.429. The van der Waals surface area contributed by atoms with Crippen molar-refractivity contribution in [1.82, 2.24) is 9.97 Å². The van der Waals surface area contributed by atoms with E-state index in [0.717, 1.165) is 42.4 Å². The molecule has 1 unspecified atom stereocenters. The summed E-state index contributed by atoms with van der Waals surface area (Å²) < 4.78 is 26.5. The summed E-state index contributed by atoms with van der Waals surface area (Å²) >= 11 is 1.93. The number of nitrogens with zero attached hydrogens (tertiary/aromatic N) is 3. The molecule has 1 aromatic heterocycles. The van der Waals surface area contributed by atoms with Crippen LogP contribution in [0.15, 0.2) is 18.3 Å². The van der Waals surface area contributed by atoms with Gasteiger partial charge in [-0.1, -0.05) is 0 Å². The zero-order valence-electron chi connectivity index (χ0n) is 11.1. The maximum Gasteiger partial charge on any atom is 0.161 e. The van der Waals surface area contributed by atoms with Crippen molar-refractivity contribution < 1.29 is 8.78 Å². The highest BCUT2D eigenvalue weighted by Gasteiger charge is 2.19. The molecule has 0 N–H and O–H groups in total. The molecule has 1 atom stereocenters. The summed E-state index contributed by atoms with van der Waals surface area (Å²) in [5.74, 6) is 1.14. The Morgan fingerprint density at radius 3 is 2.75 bits per heavy atom. The van der Waals surface area contributed by atoms with Crippen molar-refractivity contribution >= 4 is 28.6 Å². The van der Waals surface area contributed by atoms with Crippen LogP contribution in [0.1, 0.15) is 13.3 Å². The molecule has 0 amide bonds. The summed E-state index contributed by atoms with van der Waals surface area (Å²) in [6.07, 6.45) is 2.73. The number of halogens is 2. The van der Waals surface area contributed by atoms with Crippen LogP contribution in [0.4, 0.5) is 14.6 Å². The largest absolute Gasteiger partial charge is 0.352 e. The summed E-state index contributed by atoms with van der Waals surface area (Å²) in [5.41, 5.74) is 0.773. The van der Waals surface area contributed by atoms with Crippen molar-refractivity contribution in [3.63, 3.8) is 0 Å². The molecule has 3 nitrogen and oxygen atoms in total. The van der Waals surface area contributed by atoms with E-state index in [0.29, 0.717) is 17.1 Å². The van der Waals surface area contributed by atoms with Crippen LogP contribution in [0.25, 0.3) is 11.0 Å². The first-order valence-corrected chi connectivity index (χ1v) is 7.77. The quantitative estimate of drug-likeness (QED) is 0.807. The van der Waals surface area contributed by atoms with Crippen molar-refractivity contribution in [1.29, 1.82) is 0 Å². The van der Waals surface area contributed by atoms with E-state index >= 15 is 0 Å². The Bertz CT molecular complexity index is 635. The van der Waals surface area contributed by atoms with Gasteiger partial charge < -0.3 is 4.90 Å². The first kappa shape index (κ1) is 13.5. The maximum atomic E-state index is 13.3. The van der Waals surface area contributed by atoms with Gasteiger partial charge >= 0.3 is 0 Å². The topological polar surface area (TPSA) is 29.0 Å². The minimum absolute atomic E-state index is 0.377. The van der Waals surface area contributed by atoms with Crippen molar-refractivity contribution in [2.45, 2.75) is 19.4 Å². The van der Waals surface area contributed by atoms with E-state index in [-0.39, 0.29) is 0 Å². The molecule has 1 aromatic carbocycles. The molecule has 0 radical (unpaired) electrons. The zero-order chi connectivity index (χ0) is 14.1. The van der Waals surface area contributed by atoms with Crippen LogP contribution in [0.3, 0.4) is 0 Å². The van der Waals surface area contributed by atoms with Gasteiger partial charge in [-0.25, -0.2) is 13.8 Å². The molecule has 0 aliphatic carbocycles. The Morgan fingerprint density at radius 2 is 1.95 bits per heavy atom. The number of benzene rings is 1. The minimum Gasteiger partial charge on any atom is -0.352 e. The van der Waals surface area contributed by atoms with Gasteiger partial charge in [-0.15, -0.1) is 0 Å². The standard InChI is InChI=1S/C14H15F2N3S/c1-9-2-4-20-5-3-19(9)14-8-17-12-6-10(15)11(16)7-13(12)18-14/h6-9H,2-5H2,1H3. The number of hydrogen-bond acceptors (Lipinski definition) is 4. The molecular formula is C14H15F2N3S. The molecule has 2 aromatic rings. The lowest BCUT2D eigenvalue weighted by Crippen LogP contribution is -2.34. The average molecular weight is 295 g/mol. The van der Waals surface area contributed by atoms with Gasteiger partial charge in [0.2, 0.25) is 0 Å². The third kappa shape index (κ3) is 2.57. The molecule has 0 saturated carbocycles. The summed E-state index contributed by atoms with van der Waals surface area (Å²) in [6.45, 7) is 3.05. The van der Waals surface area contributed by atoms with E-state index in [4.69, 9.17) is 0 Å². The van der Waals surface area contributed by atoms with Crippen molar-refractivity contribution in [2.75, 3.05) is 23.0 Å². The van der Waals surface area contributed by atoms with Crippen LogP contribution >= 0.6 is 11.8 Å². The number of anilines is 1. The van der Waals surface area contributed by atoms with Gasteiger partial charge in [-0.05, 0) is 19.1 Å². The Balaban J connectivity index is 2.01. The molecule has 2 heterocycles. The second kappa shape index (κ2) is 5.52. The third-order valence-electron chi connectivity index (χ3n) is 3.55. The smallest absolute Gasteiger partial charge is 0.161 e. The third-order valence-corrected chi connectivity index (χ3v) is 4.55. The summed E-state index contributed by atoms with van der Waals surface area (Å²) in [7, 11) is 0. The van der Waals surface area contributed by atoms with Crippen LogP contribution in [0, 0.1) is 11.6 Å². The molecule has 0 bridgehead atoms. The minimum atomic E-state index is -0.890. The highest BCUT2D eigenvalue weighted by atomic mass is 32.2.